The number of amides is 1. The first-order valence-corrected chi connectivity index (χ1v) is 7.74. The minimum absolute atomic E-state index is 0.110. The number of nitrogens with zero attached hydrogens (tertiary/aromatic N) is 2. The van der Waals surface area contributed by atoms with E-state index in [-0.39, 0.29) is 5.91 Å². The molecule has 0 aliphatic carbocycles. The number of fused-ring (bicyclic) bond motifs is 1. The van der Waals surface area contributed by atoms with Crippen LogP contribution in [0.2, 0.25) is 5.02 Å². The van der Waals surface area contributed by atoms with Crippen molar-refractivity contribution in [1.82, 2.24) is 14.7 Å². The van der Waals surface area contributed by atoms with Gasteiger partial charge in [-0.1, -0.05) is 11.6 Å². The second kappa shape index (κ2) is 6.03. The van der Waals surface area contributed by atoms with E-state index >= 15 is 0 Å². The number of halogens is 2. The van der Waals surface area contributed by atoms with Gasteiger partial charge < -0.3 is 9.72 Å². The first-order chi connectivity index (χ1) is 10.1. The molecule has 3 rings (SSSR count). The molecule has 2 heterocycles. The number of hydrogen-bond acceptors (Lipinski definition) is 2. The van der Waals surface area contributed by atoms with Crippen molar-refractivity contribution in [2.75, 3.05) is 0 Å². The zero-order valence-electron chi connectivity index (χ0n) is 10.9. The van der Waals surface area contributed by atoms with Gasteiger partial charge in [-0.25, -0.2) is 4.98 Å². The maximum absolute atomic E-state index is 12.0. The topological polar surface area (TPSA) is 46.4 Å². The summed E-state index contributed by atoms with van der Waals surface area (Å²) < 4.78 is 2.94. The second-order valence-electron chi connectivity index (χ2n) is 4.53. The van der Waals surface area contributed by atoms with Gasteiger partial charge in [-0.2, -0.15) is 0 Å². The third kappa shape index (κ3) is 3.36. The highest BCUT2D eigenvalue weighted by atomic mass is 127. The molecule has 2 aromatic heterocycles. The van der Waals surface area contributed by atoms with Crippen LogP contribution in [0.3, 0.4) is 0 Å². The van der Waals surface area contributed by atoms with E-state index < -0.39 is 0 Å². The Morgan fingerprint density at radius 3 is 2.71 bits per heavy atom. The summed E-state index contributed by atoms with van der Waals surface area (Å²) in [4.78, 5) is 16.5. The number of imidazole rings is 1. The lowest BCUT2D eigenvalue weighted by Crippen LogP contribution is -2.22. The van der Waals surface area contributed by atoms with Gasteiger partial charge in [0.1, 0.15) is 5.65 Å². The lowest BCUT2D eigenvalue weighted by atomic mass is 10.2. The molecule has 0 saturated heterocycles. The van der Waals surface area contributed by atoms with Gasteiger partial charge in [0.05, 0.1) is 17.3 Å². The normalized spacial score (nSPS) is 10.8. The summed E-state index contributed by atoms with van der Waals surface area (Å²) in [5.74, 6) is -0.110. The molecule has 106 valence electrons. The highest BCUT2D eigenvalue weighted by molar-refractivity contribution is 14.1. The van der Waals surface area contributed by atoms with Crippen LogP contribution in [0, 0.1) is 3.57 Å². The number of carbonyl (C=O) groups is 1. The molecule has 6 heteroatoms. The van der Waals surface area contributed by atoms with Gasteiger partial charge in [-0.15, -0.1) is 0 Å². The lowest BCUT2D eigenvalue weighted by Gasteiger charge is -2.03. The van der Waals surface area contributed by atoms with E-state index in [4.69, 9.17) is 11.6 Å². The summed E-state index contributed by atoms with van der Waals surface area (Å²) >= 11 is 8.13. The Labute approximate surface area is 140 Å². The largest absolute Gasteiger partial charge is 0.346 e. The SMILES string of the molecule is O=C(NCc1cn2cc(Cl)ccc2n1)c1ccc(I)cc1. The minimum Gasteiger partial charge on any atom is -0.346 e. The van der Waals surface area contributed by atoms with Crippen LogP contribution < -0.4 is 5.32 Å². The maximum Gasteiger partial charge on any atom is 0.251 e. The van der Waals surface area contributed by atoms with Crippen molar-refractivity contribution >= 4 is 45.7 Å². The molecule has 1 N–H and O–H groups in total. The van der Waals surface area contributed by atoms with Crippen LogP contribution in [0.15, 0.2) is 48.8 Å². The van der Waals surface area contributed by atoms with E-state index in [2.05, 4.69) is 32.9 Å². The number of nitrogens with one attached hydrogen (secondary N) is 1. The van der Waals surface area contributed by atoms with E-state index in [1.54, 1.807) is 24.4 Å². The molecule has 0 aliphatic rings. The molecule has 3 aromatic rings. The quantitative estimate of drug-likeness (QED) is 0.670. The maximum atomic E-state index is 12.0. The standard InChI is InChI=1S/C15H11ClIN3O/c16-11-3-6-14-19-13(9-20(14)8-11)7-18-15(21)10-1-4-12(17)5-2-10/h1-6,8-9H,7H2,(H,18,21). The zero-order valence-corrected chi connectivity index (χ0v) is 13.8. The Hall–Kier alpha value is -1.60. The monoisotopic (exact) mass is 411 g/mol. The molecular formula is C15H11ClIN3O. The fourth-order valence-electron chi connectivity index (χ4n) is 1.98. The fourth-order valence-corrected chi connectivity index (χ4v) is 2.50. The molecular weight excluding hydrogens is 401 g/mol. The summed E-state index contributed by atoms with van der Waals surface area (Å²) in [5.41, 5.74) is 2.23. The number of pyridine rings is 1. The van der Waals surface area contributed by atoms with Gasteiger partial charge in [0.2, 0.25) is 0 Å². The van der Waals surface area contributed by atoms with Crippen molar-refractivity contribution in [2.24, 2.45) is 0 Å². The molecule has 0 radical (unpaired) electrons. The number of hydrogen-bond donors (Lipinski definition) is 1. The molecule has 1 amide bonds. The van der Waals surface area contributed by atoms with Gasteiger partial charge in [0, 0.05) is 21.5 Å². The van der Waals surface area contributed by atoms with E-state index in [0.29, 0.717) is 17.1 Å². The molecule has 1 aromatic carbocycles. The van der Waals surface area contributed by atoms with Crippen molar-refractivity contribution < 1.29 is 4.79 Å². The number of benzene rings is 1. The van der Waals surface area contributed by atoms with Gasteiger partial charge in [-0.3, -0.25) is 4.79 Å². The van der Waals surface area contributed by atoms with Crippen LogP contribution >= 0.6 is 34.2 Å². The Morgan fingerprint density at radius 2 is 1.95 bits per heavy atom. The Bertz CT molecular complexity index is 798. The molecule has 0 spiro atoms. The van der Waals surface area contributed by atoms with Crippen molar-refractivity contribution in [3.05, 3.63) is 68.6 Å². The van der Waals surface area contributed by atoms with Crippen molar-refractivity contribution in [2.45, 2.75) is 6.54 Å². The first-order valence-electron chi connectivity index (χ1n) is 6.29. The van der Waals surface area contributed by atoms with E-state index in [9.17, 15) is 4.79 Å². The highest BCUT2D eigenvalue weighted by Crippen LogP contribution is 2.12. The number of aromatic nitrogens is 2. The van der Waals surface area contributed by atoms with Gasteiger partial charge in [0.15, 0.2) is 0 Å². The van der Waals surface area contributed by atoms with Crippen molar-refractivity contribution in [1.29, 1.82) is 0 Å². The highest BCUT2D eigenvalue weighted by Gasteiger charge is 2.07. The van der Waals surface area contributed by atoms with Crippen LogP contribution in [-0.2, 0) is 6.54 Å². The molecule has 0 bridgehead atoms. The Morgan fingerprint density at radius 1 is 1.19 bits per heavy atom. The third-order valence-electron chi connectivity index (χ3n) is 3.00. The van der Waals surface area contributed by atoms with Crippen LogP contribution in [-0.4, -0.2) is 15.3 Å². The van der Waals surface area contributed by atoms with E-state index in [1.807, 2.05) is 28.8 Å². The molecule has 0 unspecified atom stereocenters. The van der Waals surface area contributed by atoms with Crippen LogP contribution in [0.1, 0.15) is 16.1 Å². The first kappa shape index (κ1) is 14.3. The summed E-state index contributed by atoms with van der Waals surface area (Å²) in [6.45, 7) is 0.379. The molecule has 4 nitrogen and oxygen atoms in total. The van der Waals surface area contributed by atoms with E-state index in [0.717, 1.165) is 14.9 Å². The molecule has 0 atom stereocenters. The number of rotatable bonds is 3. The molecule has 21 heavy (non-hydrogen) atoms. The zero-order chi connectivity index (χ0) is 14.8. The van der Waals surface area contributed by atoms with Crippen LogP contribution in [0.4, 0.5) is 0 Å². The fraction of sp³-hybridized carbons (Fsp3) is 0.0667. The summed E-state index contributed by atoms with van der Waals surface area (Å²) in [6.07, 6.45) is 3.64. The predicted octanol–water partition coefficient (Wildman–Crippen LogP) is 3.52. The summed E-state index contributed by atoms with van der Waals surface area (Å²) in [6, 6.07) is 11.1. The van der Waals surface area contributed by atoms with Crippen molar-refractivity contribution in [3.63, 3.8) is 0 Å². The van der Waals surface area contributed by atoms with Crippen molar-refractivity contribution in [3.8, 4) is 0 Å². The average Bonchev–Trinajstić information content (AvgIpc) is 2.87. The molecule has 0 saturated carbocycles. The average molecular weight is 412 g/mol. The van der Waals surface area contributed by atoms with E-state index in [1.165, 1.54) is 0 Å². The van der Waals surface area contributed by atoms with Crippen LogP contribution in [0.25, 0.3) is 5.65 Å². The third-order valence-corrected chi connectivity index (χ3v) is 3.94. The van der Waals surface area contributed by atoms with Gasteiger partial charge in [-0.05, 0) is 59.0 Å². The van der Waals surface area contributed by atoms with Gasteiger partial charge >= 0.3 is 0 Å². The molecule has 0 fully saturated rings. The smallest absolute Gasteiger partial charge is 0.251 e. The Balaban J connectivity index is 1.71. The predicted molar refractivity (Wildman–Crippen MR) is 90.5 cm³/mol. The summed E-state index contributed by atoms with van der Waals surface area (Å²) in [5, 5.41) is 3.51. The second-order valence-corrected chi connectivity index (χ2v) is 6.22. The molecule has 0 aliphatic heterocycles. The number of carbonyl (C=O) groups excluding carboxylic acids is 1. The van der Waals surface area contributed by atoms with Gasteiger partial charge in [0.25, 0.3) is 5.91 Å². The minimum atomic E-state index is -0.110. The Kier molecular flexibility index (Phi) is 4.12. The van der Waals surface area contributed by atoms with Crippen LogP contribution in [0.5, 0.6) is 0 Å². The summed E-state index contributed by atoms with van der Waals surface area (Å²) in [7, 11) is 0. The lowest BCUT2D eigenvalue weighted by molar-refractivity contribution is 0.0950.